The number of benzene rings is 3. The summed E-state index contributed by atoms with van der Waals surface area (Å²) in [5, 5.41) is 9.19. The molecule has 26 heavy (non-hydrogen) atoms. The van der Waals surface area contributed by atoms with Crippen LogP contribution in [0.25, 0.3) is 11.1 Å². The molecule has 0 radical (unpaired) electrons. The van der Waals surface area contributed by atoms with Gasteiger partial charge in [0.2, 0.25) is 0 Å². The highest BCUT2D eigenvalue weighted by atomic mass is 16.5. The van der Waals surface area contributed by atoms with Crippen LogP contribution in [0.4, 0.5) is 0 Å². The third kappa shape index (κ3) is 3.92. The fourth-order valence-electron chi connectivity index (χ4n) is 3.04. The van der Waals surface area contributed by atoms with Gasteiger partial charge in [0.25, 0.3) is 5.91 Å². The van der Waals surface area contributed by atoms with Crippen molar-refractivity contribution in [2.45, 2.75) is 12.8 Å². The second-order valence-electron chi connectivity index (χ2n) is 5.91. The number of amides is 1. The van der Waals surface area contributed by atoms with Crippen molar-refractivity contribution in [1.82, 2.24) is 5.48 Å². The Hall–Kier alpha value is -3.11. The zero-order valence-corrected chi connectivity index (χ0v) is 14.6. The van der Waals surface area contributed by atoms with Crippen molar-refractivity contribution in [1.29, 1.82) is 0 Å². The molecule has 0 saturated carbocycles. The summed E-state index contributed by atoms with van der Waals surface area (Å²) in [6.45, 7) is 2.56. The molecule has 1 atom stereocenters. The number of nitrogens with one attached hydrogen (secondary N) is 1. The first-order valence-corrected chi connectivity index (χ1v) is 8.55. The van der Waals surface area contributed by atoms with Crippen molar-refractivity contribution in [3.8, 4) is 16.9 Å². The van der Waals surface area contributed by atoms with Crippen molar-refractivity contribution >= 4 is 5.91 Å². The molecule has 0 saturated heterocycles. The van der Waals surface area contributed by atoms with E-state index in [2.05, 4.69) is 0 Å². The van der Waals surface area contributed by atoms with Crippen LogP contribution in [0.15, 0.2) is 78.9 Å². The van der Waals surface area contributed by atoms with E-state index >= 15 is 0 Å². The highest BCUT2D eigenvalue weighted by molar-refractivity contribution is 5.86. The number of ether oxygens (including phenoxy) is 1. The largest absolute Gasteiger partial charge is 0.494 e. The number of hydrogen-bond acceptors (Lipinski definition) is 3. The molecular weight excluding hydrogens is 326 g/mol. The molecule has 0 aliphatic rings. The number of hydrogen-bond donors (Lipinski definition) is 2. The van der Waals surface area contributed by atoms with Gasteiger partial charge < -0.3 is 4.74 Å². The van der Waals surface area contributed by atoms with E-state index in [9.17, 15) is 10.0 Å². The van der Waals surface area contributed by atoms with E-state index in [1.165, 1.54) is 0 Å². The lowest BCUT2D eigenvalue weighted by Crippen LogP contribution is -2.27. The van der Waals surface area contributed by atoms with E-state index < -0.39 is 11.8 Å². The minimum atomic E-state index is -0.587. The molecule has 3 aromatic carbocycles. The zero-order chi connectivity index (χ0) is 18.4. The molecule has 3 aromatic rings. The van der Waals surface area contributed by atoms with Crippen LogP contribution in [0.3, 0.4) is 0 Å². The van der Waals surface area contributed by atoms with Gasteiger partial charge in [-0.2, -0.15) is 0 Å². The normalized spacial score (nSPS) is 11.6. The molecule has 3 rings (SSSR count). The van der Waals surface area contributed by atoms with Gasteiger partial charge in [-0.05, 0) is 41.3 Å². The van der Waals surface area contributed by atoms with Crippen LogP contribution in [0, 0.1) is 0 Å². The van der Waals surface area contributed by atoms with E-state index in [4.69, 9.17) is 4.74 Å². The fraction of sp³-hybridized carbons (Fsp3) is 0.136. The summed E-state index contributed by atoms with van der Waals surface area (Å²) < 4.78 is 5.57. The topological polar surface area (TPSA) is 58.6 Å². The van der Waals surface area contributed by atoms with Crippen LogP contribution in [0.5, 0.6) is 5.75 Å². The average Bonchev–Trinajstić information content (AvgIpc) is 2.69. The summed E-state index contributed by atoms with van der Waals surface area (Å²) in [4.78, 5) is 12.3. The van der Waals surface area contributed by atoms with Crippen LogP contribution < -0.4 is 10.2 Å². The van der Waals surface area contributed by atoms with E-state index in [-0.39, 0.29) is 0 Å². The number of hydroxylamine groups is 1. The summed E-state index contributed by atoms with van der Waals surface area (Å²) in [7, 11) is 0. The molecule has 0 heterocycles. The molecule has 132 valence electrons. The average molecular weight is 347 g/mol. The SMILES string of the molecule is CCOc1cccc(-c2cccc(C(C(=O)NO)c3ccccc3)c2)c1. The molecule has 0 fully saturated rings. The maximum absolute atomic E-state index is 12.3. The van der Waals surface area contributed by atoms with Gasteiger partial charge in [0.15, 0.2) is 0 Å². The van der Waals surface area contributed by atoms with Gasteiger partial charge in [0.05, 0.1) is 12.5 Å². The first kappa shape index (κ1) is 17.7. The minimum Gasteiger partial charge on any atom is -0.494 e. The van der Waals surface area contributed by atoms with Crippen LogP contribution >= 0.6 is 0 Å². The lowest BCUT2D eigenvalue weighted by Gasteiger charge is -2.17. The first-order valence-electron chi connectivity index (χ1n) is 8.55. The van der Waals surface area contributed by atoms with Gasteiger partial charge in [-0.25, -0.2) is 5.48 Å². The summed E-state index contributed by atoms with van der Waals surface area (Å²) in [5.74, 6) is -0.240. The molecule has 2 N–H and O–H groups in total. The van der Waals surface area contributed by atoms with Crippen molar-refractivity contribution in [2.24, 2.45) is 0 Å². The number of rotatable bonds is 6. The van der Waals surface area contributed by atoms with Gasteiger partial charge in [-0.3, -0.25) is 10.0 Å². The maximum Gasteiger partial charge on any atom is 0.255 e. The molecule has 0 spiro atoms. The Kier molecular flexibility index (Phi) is 5.66. The van der Waals surface area contributed by atoms with Crippen LogP contribution in [-0.2, 0) is 4.79 Å². The predicted molar refractivity (Wildman–Crippen MR) is 101 cm³/mol. The Morgan fingerprint density at radius 2 is 1.58 bits per heavy atom. The van der Waals surface area contributed by atoms with Gasteiger partial charge in [0.1, 0.15) is 5.75 Å². The highest BCUT2D eigenvalue weighted by Crippen LogP contribution is 2.30. The first-order chi connectivity index (χ1) is 12.7. The van der Waals surface area contributed by atoms with Crippen molar-refractivity contribution in [3.05, 3.63) is 90.0 Å². The lowest BCUT2D eigenvalue weighted by atomic mass is 9.89. The molecule has 0 aliphatic carbocycles. The minimum absolute atomic E-state index is 0.462. The zero-order valence-electron chi connectivity index (χ0n) is 14.6. The Morgan fingerprint density at radius 1 is 0.923 bits per heavy atom. The summed E-state index contributed by atoms with van der Waals surface area (Å²) in [6, 6.07) is 25.0. The quantitative estimate of drug-likeness (QED) is 0.513. The maximum atomic E-state index is 12.3. The highest BCUT2D eigenvalue weighted by Gasteiger charge is 2.22. The van der Waals surface area contributed by atoms with E-state index in [0.29, 0.717) is 6.61 Å². The van der Waals surface area contributed by atoms with Gasteiger partial charge in [-0.15, -0.1) is 0 Å². The molecular formula is C22H21NO3. The number of carbonyl (C=O) groups excluding carboxylic acids is 1. The molecule has 0 bridgehead atoms. The van der Waals surface area contributed by atoms with Crippen LogP contribution in [-0.4, -0.2) is 17.7 Å². The van der Waals surface area contributed by atoms with Gasteiger partial charge >= 0.3 is 0 Å². The monoisotopic (exact) mass is 347 g/mol. The Morgan fingerprint density at radius 3 is 2.27 bits per heavy atom. The second-order valence-corrected chi connectivity index (χ2v) is 5.91. The molecule has 4 nitrogen and oxygen atoms in total. The van der Waals surface area contributed by atoms with Gasteiger partial charge in [-0.1, -0.05) is 66.7 Å². The summed E-state index contributed by atoms with van der Waals surface area (Å²) in [6.07, 6.45) is 0. The van der Waals surface area contributed by atoms with E-state index in [1.807, 2.05) is 85.8 Å². The van der Waals surface area contributed by atoms with Crippen molar-refractivity contribution in [3.63, 3.8) is 0 Å². The Balaban J connectivity index is 2.02. The molecule has 0 aromatic heterocycles. The summed E-state index contributed by atoms with van der Waals surface area (Å²) >= 11 is 0. The molecule has 1 unspecified atom stereocenters. The molecule has 1 amide bonds. The Labute approximate surface area is 153 Å². The van der Waals surface area contributed by atoms with Crippen molar-refractivity contribution < 1.29 is 14.7 Å². The molecule has 4 heteroatoms. The predicted octanol–water partition coefficient (Wildman–Crippen LogP) is 4.39. The summed E-state index contributed by atoms with van der Waals surface area (Å²) in [5.41, 5.74) is 5.40. The Bertz CT molecular complexity index is 877. The smallest absolute Gasteiger partial charge is 0.255 e. The third-order valence-electron chi connectivity index (χ3n) is 4.20. The fourth-order valence-corrected chi connectivity index (χ4v) is 3.04. The number of carbonyl (C=O) groups is 1. The standard InChI is InChI=1S/C22H21NO3/c1-2-26-20-13-7-11-18(15-20)17-10-6-12-19(14-17)21(22(24)23-25)16-8-4-3-5-9-16/h3-15,21,25H,2H2,1H3,(H,23,24). The van der Waals surface area contributed by atoms with E-state index in [0.717, 1.165) is 28.0 Å². The second kappa shape index (κ2) is 8.32. The third-order valence-corrected chi connectivity index (χ3v) is 4.20. The molecule has 0 aliphatic heterocycles. The van der Waals surface area contributed by atoms with Gasteiger partial charge in [0, 0.05) is 0 Å². The lowest BCUT2D eigenvalue weighted by molar-refractivity contribution is -0.129. The van der Waals surface area contributed by atoms with Crippen LogP contribution in [0.1, 0.15) is 24.0 Å². The van der Waals surface area contributed by atoms with E-state index in [1.54, 1.807) is 5.48 Å². The van der Waals surface area contributed by atoms with Crippen molar-refractivity contribution in [2.75, 3.05) is 6.61 Å². The van der Waals surface area contributed by atoms with Crippen LogP contribution in [0.2, 0.25) is 0 Å².